The molecular weight excluding hydrogens is 154 g/mol. The van der Waals surface area contributed by atoms with Crippen LogP contribution < -0.4 is 5.73 Å². The molecule has 0 spiro atoms. The maximum absolute atomic E-state index is 9.53. The van der Waals surface area contributed by atoms with Crippen molar-refractivity contribution in [2.45, 2.75) is 32.5 Å². The van der Waals surface area contributed by atoms with E-state index in [4.69, 9.17) is 5.73 Å². The van der Waals surface area contributed by atoms with Crippen molar-refractivity contribution in [3.8, 4) is 0 Å². The average molecular weight is 169 g/mol. The molecule has 2 atom stereocenters. The molecule has 1 aromatic rings. The molecule has 0 aliphatic carbocycles. The lowest BCUT2D eigenvalue weighted by Crippen LogP contribution is -2.24. The molecule has 0 aliphatic heterocycles. The molecule has 0 saturated heterocycles. The Labute approximate surface area is 72.0 Å². The number of rotatable bonds is 3. The highest BCUT2D eigenvalue weighted by molar-refractivity contribution is 5.09. The molecule has 0 fully saturated rings. The molecule has 0 radical (unpaired) electrons. The van der Waals surface area contributed by atoms with Crippen molar-refractivity contribution in [1.82, 2.24) is 9.78 Å². The van der Waals surface area contributed by atoms with Crippen LogP contribution in [0.2, 0.25) is 0 Å². The molecule has 1 aromatic heterocycles. The summed E-state index contributed by atoms with van der Waals surface area (Å²) in [5, 5.41) is 13.6. The van der Waals surface area contributed by atoms with Gasteiger partial charge in [-0.15, -0.1) is 0 Å². The Balaban J connectivity index is 2.74. The SMILES string of the molecule is CCn1cc(C(O)C(C)N)cn1. The zero-order valence-corrected chi connectivity index (χ0v) is 7.44. The van der Waals surface area contributed by atoms with E-state index in [2.05, 4.69) is 5.10 Å². The van der Waals surface area contributed by atoms with Crippen LogP contribution in [-0.4, -0.2) is 20.9 Å². The van der Waals surface area contributed by atoms with E-state index >= 15 is 0 Å². The third-order valence-electron chi connectivity index (χ3n) is 1.82. The highest BCUT2D eigenvalue weighted by atomic mass is 16.3. The molecule has 2 unspecified atom stereocenters. The molecule has 3 N–H and O–H groups in total. The van der Waals surface area contributed by atoms with Crippen LogP contribution in [-0.2, 0) is 6.54 Å². The Kier molecular flexibility index (Phi) is 2.83. The van der Waals surface area contributed by atoms with Gasteiger partial charge in [-0.3, -0.25) is 4.68 Å². The van der Waals surface area contributed by atoms with Crippen molar-refractivity contribution in [2.24, 2.45) is 5.73 Å². The third-order valence-corrected chi connectivity index (χ3v) is 1.82. The van der Waals surface area contributed by atoms with Crippen molar-refractivity contribution < 1.29 is 5.11 Å². The first kappa shape index (κ1) is 9.22. The van der Waals surface area contributed by atoms with Gasteiger partial charge in [-0.25, -0.2) is 0 Å². The predicted octanol–water partition coefficient (Wildman–Crippen LogP) is 0.284. The number of aliphatic hydroxyl groups is 1. The fourth-order valence-electron chi connectivity index (χ4n) is 1.01. The van der Waals surface area contributed by atoms with Crippen molar-refractivity contribution in [1.29, 1.82) is 0 Å². The van der Waals surface area contributed by atoms with Gasteiger partial charge in [0.05, 0.1) is 12.3 Å². The van der Waals surface area contributed by atoms with Crippen molar-refractivity contribution in [3.63, 3.8) is 0 Å². The van der Waals surface area contributed by atoms with E-state index in [-0.39, 0.29) is 6.04 Å². The minimum Gasteiger partial charge on any atom is -0.387 e. The van der Waals surface area contributed by atoms with Gasteiger partial charge in [-0.2, -0.15) is 5.10 Å². The quantitative estimate of drug-likeness (QED) is 0.683. The lowest BCUT2D eigenvalue weighted by atomic mass is 10.1. The second-order valence-corrected chi connectivity index (χ2v) is 2.93. The molecule has 1 heterocycles. The van der Waals surface area contributed by atoms with Gasteiger partial charge in [0.15, 0.2) is 0 Å². The summed E-state index contributed by atoms with van der Waals surface area (Å²) >= 11 is 0. The Hall–Kier alpha value is -0.870. The van der Waals surface area contributed by atoms with Crippen LogP contribution >= 0.6 is 0 Å². The fourth-order valence-corrected chi connectivity index (χ4v) is 1.01. The normalized spacial score (nSPS) is 16.0. The summed E-state index contributed by atoms with van der Waals surface area (Å²) in [7, 11) is 0. The monoisotopic (exact) mass is 169 g/mol. The number of hydrogen-bond donors (Lipinski definition) is 2. The first-order chi connectivity index (χ1) is 5.65. The standard InChI is InChI=1S/C8H15N3O/c1-3-11-5-7(4-10-11)8(12)6(2)9/h4-6,8,12H,3,9H2,1-2H3. The topological polar surface area (TPSA) is 64.1 Å². The van der Waals surface area contributed by atoms with E-state index in [0.29, 0.717) is 0 Å². The first-order valence-electron chi connectivity index (χ1n) is 4.11. The summed E-state index contributed by atoms with van der Waals surface area (Å²) in [6, 6.07) is -0.250. The summed E-state index contributed by atoms with van der Waals surface area (Å²) < 4.78 is 1.76. The second kappa shape index (κ2) is 3.69. The van der Waals surface area contributed by atoms with E-state index in [0.717, 1.165) is 12.1 Å². The van der Waals surface area contributed by atoms with Gasteiger partial charge < -0.3 is 10.8 Å². The molecule has 12 heavy (non-hydrogen) atoms. The number of aryl methyl sites for hydroxylation is 1. The van der Waals surface area contributed by atoms with Crippen LogP contribution in [0.15, 0.2) is 12.4 Å². The summed E-state index contributed by atoms with van der Waals surface area (Å²) in [5.74, 6) is 0. The van der Waals surface area contributed by atoms with E-state index < -0.39 is 6.10 Å². The molecule has 0 amide bonds. The number of nitrogens with two attached hydrogens (primary N) is 1. The zero-order valence-electron chi connectivity index (χ0n) is 7.44. The largest absolute Gasteiger partial charge is 0.387 e. The van der Waals surface area contributed by atoms with Gasteiger partial charge in [0.25, 0.3) is 0 Å². The predicted molar refractivity (Wildman–Crippen MR) is 46.5 cm³/mol. The fraction of sp³-hybridized carbons (Fsp3) is 0.625. The minimum atomic E-state index is -0.606. The van der Waals surface area contributed by atoms with Gasteiger partial charge in [0, 0.05) is 24.3 Å². The minimum absolute atomic E-state index is 0.250. The van der Waals surface area contributed by atoms with E-state index in [1.807, 2.05) is 13.1 Å². The molecular formula is C8H15N3O. The van der Waals surface area contributed by atoms with Crippen LogP contribution in [0.3, 0.4) is 0 Å². The Bertz CT molecular complexity index is 244. The molecule has 4 nitrogen and oxygen atoms in total. The van der Waals surface area contributed by atoms with E-state index in [1.165, 1.54) is 0 Å². The molecule has 0 saturated carbocycles. The molecule has 0 bridgehead atoms. The molecule has 68 valence electrons. The van der Waals surface area contributed by atoms with Crippen LogP contribution in [0.4, 0.5) is 0 Å². The van der Waals surface area contributed by atoms with E-state index in [1.54, 1.807) is 17.8 Å². The number of aliphatic hydroxyl groups excluding tert-OH is 1. The molecule has 4 heteroatoms. The van der Waals surface area contributed by atoms with Gasteiger partial charge in [-0.1, -0.05) is 0 Å². The third kappa shape index (κ3) is 1.84. The van der Waals surface area contributed by atoms with Gasteiger partial charge in [-0.05, 0) is 13.8 Å². The number of aromatic nitrogens is 2. The van der Waals surface area contributed by atoms with Crippen LogP contribution in [0.25, 0.3) is 0 Å². The Morgan fingerprint density at radius 3 is 2.83 bits per heavy atom. The van der Waals surface area contributed by atoms with Crippen LogP contribution in [0.1, 0.15) is 25.5 Å². The molecule has 1 rings (SSSR count). The van der Waals surface area contributed by atoms with Gasteiger partial charge in [0.2, 0.25) is 0 Å². The van der Waals surface area contributed by atoms with Crippen LogP contribution in [0, 0.1) is 0 Å². The average Bonchev–Trinajstić information content (AvgIpc) is 2.50. The zero-order chi connectivity index (χ0) is 9.14. The summed E-state index contributed by atoms with van der Waals surface area (Å²) in [4.78, 5) is 0. The smallest absolute Gasteiger partial charge is 0.0968 e. The van der Waals surface area contributed by atoms with Crippen molar-refractivity contribution in [3.05, 3.63) is 18.0 Å². The Morgan fingerprint density at radius 2 is 2.42 bits per heavy atom. The van der Waals surface area contributed by atoms with Gasteiger partial charge in [0.1, 0.15) is 0 Å². The Morgan fingerprint density at radius 1 is 1.75 bits per heavy atom. The van der Waals surface area contributed by atoms with Crippen molar-refractivity contribution >= 4 is 0 Å². The summed E-state index contributed by atoms with van der Waals surface area (Å²) in [5.41, 5.74) is 6.32. The summed E-state index contributed by atoms with van der Waals surface area (Å²) in [6.07, 6.45) is 2.86. The molecule has 0 aliphatic rings. The maximum Gasteiger partial charge on any atom is 0.0968 e. The number of hydrogen-bond acceptors (Lipinski definition) is 3. The molecule has 0 aromatic carbocycles. The lowest BCUT2D eigenvalue weighted by molar-refractivity contribution is 0.153. The lowest BCUT2D eigenvalue weighted by Gasteiger charge is -2.11. The van der Waals surface area contributed by atoms with Crippen molar-refractivity contribution in [2.75, 3.05) is 0 Å². The second-order valence-electron chi connectivity index (χ2n) is 2.93. The first-order valence-corrected chi connectivity index (χ1v) is 4.11. The van der Waals surface area contributed by atoms with Gasteiger partial charge >= 0.3 is 0 Å². The summed E-state index contributed by atoms with van der Waals surface area (Å²) in [6.45, 7) is 4.58. The maximum atomic E-state index is 9.53. The van der Waals surface area contributed by atoms with Crippen LogP contribution in [0.5, 0.6) is 0 Å². The highest BCUT2D eigenvalue weighted by Crippen LogP contribution is 2.13. The van der Waals surface area contributed by atoms with E-state index in [9.17, 15) is 5.11 Å². The number of nitrogens with zero attached hydrogens (tertiary/aromatic N) is 2. The highest BCUT2D eigenvalue weighted by Gasteiger charge is 2.13.